The molecule has 1 aliphatic rings. The van der Waals surface area contributed by atoms with Gasteiger partial charge in [0.1, 0.15) is 0 Å². The third kappa shape index (κ3) is 5.67. The van der Waals surface area contributed by atoms with Crippen LogP contribution in [0.3, 0.4) is 0 Å². The Labute approximate surface area is 93.6 Å². The van der Waals surface area contributed by atoms with E-state index in [-0.39, 0.29) is 13.2 Å². The summed E-state index contributed by atoms with van der Waals surface area (Å²) in [5.74, 6) is 0. The molecule has 1 heterocycles. The zero-order valence-electron chi connectivity index (χ0n) is 9.26. The van der Waals surface area contributed by atoms with Crippen LogP contribution in [-0.4, -0.2) is 55.0 Å². The van der Waals surface area contributed by atoms with Crippen molar-refractivity contribution in [1.29, 1.82) is 0 Å². The van der Waals surface area contributed by atoms with Crippen molar-refractivity contribution in [3.63, 3.8) is 0 Å². The number of likely N-dealkylation sites (tertiary alicyclic amines) is 1. The Morgan fingerprint density at radius 2 is 1.88 bits per heavy atom. The predicted octanol–water partition coefficient (Wildman–Crippen LogP) is 0.985. The van der Waals surface area contributed by atoms with Crippen molar-refractivity contribution in [2.75, 3.05) is 32.8 Å². The quantitative estimate of drug-likeness (QED) is 0.752. The highest BCUT2D eigenvalue weighted by Gasteiger charge is 2.28. The SMILES string of the molecule is OCCNC1CCN(CCC(F)(F)F)CC1. The molecule has 3 nitrogen and oxygen atoms in total. The van der Waals surface area contributed by atoms with Gasteiger partial charge in [0, 0.05) is 19.1 Å². The number of alkyl halides is 3. The molecular formula is C10H19F3N2O. The molecule has 0 unspecified atom stereocenters. The van der Waals surface area contributed by atoms with E-state index in [1.54, 1.807) is 0 Å². The van der Waals surface area contributed by atoms with Gasteiger partial charge in [0.2, 0.25) is 0 Å². The van der Waals surface area contributed by atoms with Gasteiger partial charge in [-0.2, -0.15) is 13.2 Å². The molecule has 0 spiro atoms. The van der Waals surface area contributed by atoms with Gasteiger partial charge in [-0.1, -0.05) is 0 Å². The van der Waals surface area contributed by atoms with E-state index in [0.29, 0.717) is 25.7 Å². The van der Waals surface area contributed by atoms with Gasteiger partial charge in [-0.15, -0.1) is 0 Å². The lowest BCUT2D eigenvalue weighted by Crippen LogP contribution is -2.44. The minimum Gasteiger partial charge on any atom is -0.395 e. The van der Waals surface area contributed by atoms with Gasteiger partial charge in [0.05, 0.1) is 13.0 Å². The van der Waals surface area contributed by atoms with Crippen LogP contribution >= 0.6 is 0 Å². The Balaban J connectivity index is 2.12. The summed E-state index contributed by atoms with van der Waals surface area (Å²) in [5.41, 5.74) is 0. The number of nitrogens with zero attached hydrogens (tertiary/aromatic N) is 1. The first-order chi connectivity index (χ1) is 7.51. The summed E-state index contributed by atoms with van der Waals surface area (Å²) >= 11 is 0. The molecule has 96 valence electrons. The fraction of sp³-hybridized carbons (Fsp3) is 1.00. The molecule has 1 saturated heterocycles. The smallest absolute Gasteiger partial charge is 0.390 e. The van der Waals surface area contributed by atoms with E-state index in [1.807, 2.05) is 4.90 Å². The van der Waals surface area contributed by atoms with Gasteiger partial charge >= 0.3 is 6.18 Å². The normalized spacial score (nSPS) is 20.2. The van der Waals surface area contributed by atoms with Crippen molar-refractivity contribution >= 4 is 0 Å². The van der Waals surface area contributed by atoms with E-state index in [1.165, 1.54) is 0 Å². The van der Waals surface area contributed by atoms with E-state index < -0.39 is 12.6 Å². The summed E-state index contributed by atoms with van der Waals surface area (Å²) < 4.78 is 36.0. The maximum absolute atomic E-state index is 12.0. The number of halogens is 3. The third-order valence-electron chi connectivity index (χ3n) is 2.84. The minimum absolute atomic E-state index is 0.105. The topological polar surface area (TPSA) is 35.5 Å². The van der Waals surface area contributed by atoms with Gasteiger partial charge in [-0.3, -0.25) is 0 Å². The molecule has 2 N–H and O–H groups in total. The molecule has 16 heavy (non-hydrogen) atoms. The Morgan fingerprint density at radius 3 is 2.38 bits per heavy atom. The van der Waals surface area contributed by atoms with Crippen molar-refractivity contribution in [3.8, 4) is 0 Å². The van der Waals surface area contributed by atoms with Crippen LogP contribution in [0.4, 0.5) is 13.2 Å². The summed E-state index contributed by atoms with van der Waals surface area (Å²) in [5, 5.41) is 11.8. The maximum Gasteiger partial charge on any atom is 0.390 e. The Bertz CT molecular complexity index is 191. The molecule has 0 bridgehead atoms. The van der Waals surface area contributed by atoms with Crippen LogP contribution in [0.25, 0.3) is 0 Å². The monoisotopic (exact) mass is 240 g/mol. The van der Waals surface area contributed by atoms with E-state index in [9.17, 15) is 13.2 Å². The average Bonchev–Trinajstić information content (AvgIpc) is 2.24. The van der Waals surface area contributed by atoms with E-state index in [0.717, 1.165) is 12.8 Å². The van der Waals surface area contributed by atoms with E-state index in [2.05, 4.69) is 5.32 Å². The van der Waals surface area contributed by atoms with Gasteiger partial charge in [0.25, 0.3) is 0 Å². The number of nitrogens with one attached hydrogen (secondary N) is 1. The van der Waals surface area contributed by atoms with Crippen molar-refractivity contribution in [2.24, 2.45) is 0 Å². The third-order valence-corrected chi connectivity index (χ3v) is 2.84. The lowest BCUT2D eigenvalue weighted by atomic mass is 10.0. The van der Waals surface area contributed by atoms with Crippen LogP contribution in [0.5, 0.6) is 0 Å². The zero-order chi connectivity index (χ0) is 12.0. The summed E-state index contributed by atoms with van der Waals surface area (Å²) in [4.78, 5) is 1.85. The molecular weight excluding hydrogens is 221 g/mol. The first-order valence-electron chi connectivity index (χ1n) is 5.64. The van der Waals surface area contributed by atoms with E-state index >= 15 is 0 Å². The fourth-order valence-electron chi connectivity index (χ4n) is 1.91. The lowest BCUT2D eigenvalue weighted by Gasteiger charge is -2.32. The molecule has 0 atom stereocenters. The summed E-state index contributed by atoms with van der Waals surface area (Å²) in [7, 11) is 0. The highest BCUT2D eigenvalue weighted by molar-refractivity contribution is 4.77. The van der Waals surface area contributed by atoms with Crippen molar-refractivity contribution in [3.05, 3.63) is 0 Å². The molecule has 0 radical (unpaired) electrons. The molecule has 1 fully saturated rings. The number of aliphatic hydroxyl groups is 1. The first-order valence-corrected chi connectivity index (χ1v) is 5.64. The Hall–Kier alpha value is -0.330. The van der Waals surface area contributed by atoms with Crippen molar-refractivity contribution < 1.29 is 18.3 Å². The second-order valence-corrected chi connectivity index (χ2v) is 4.16. The minimum atomic E-state index is -4.05. The number of hydrogen-bond acceptors (Lipinski definition) is 3. The van der Waals surface area contributed by atoms with Crippen molar-refractivity contribution in [1.82, 2.24) is 10.2 Å². The lowest BCUT2D eigenvalue weighted by molar-refractivity contribution is -0.138. The zero-order valence-corrected chi connectivity index (χ0v) is 9.26. The van der Waals surface area contributed by atoms with E-state index in [4.69, 9.17) is 5.11 Å². The number of hydrogen-bond donors (Lipinski definition) is 2. The molecule has 0 saturated carbocycles. The number of rotatable bonds is 5. The molecule has 0 aromatic carbocycles. The average molecular weight is 240 g/mol. The molecule has 1 aliphatic heterocycles. The molecule has 1 rings (SSSR count). The molecule has 0 amide bonds. The maximum atomic E-state index is 12.0. The molecule has 0 aromatic rings. The van der Waals surface area contributed by atoms with Crippen LogP contribution in [0, 0.1) is 0 Å². The second-order valence-electron chi connectivity index (χ2n) is 4.16. The van der Waals surface area contributed by atoms with Crippen LogP contribution in [-0.2, 0) is 0 Å². The van der Waals surface area contributed by atoms with Gasteiger partial charge < -0.3 is 15.3 Å². The van der Waals surface area contributed by atoms with Gasteiger partial charge in [0.15, 0.2) is 0 Å². The van der Waals surface area contributed by atoms with Crippen LogP contribution in [0.2, 0.25) is 0 Å². The largest absolute Gasteiger partial charge is 0.395 e. The summed E-state index contributed by atoms with van der Waals surface area (Å²) in [6.07, 6.45) is -3.05. The molecule has 6 heteroatoms. The Kier molecular flexibility index (Phi) is 5.51. The highest BCUT2D eigenvalue weighted by Crippen LogP contribution is 2.21. The fourth-order valence-corrected chi connectivity index (χ4v) is 1.91. The summed E-state index contributed by atoms with van der Waals surface area (Å²) in [6.45, 7) is 2.19. The Morgan fingerprint density at radius 1 is 1.25 bits per heavy atom. The standard InChI is InChI=1S/C10H19F3N2O/c11-10(12,13)3-7-15-5-1-9(2-6-15)14-4-8-16/h9,14,16H,1-8H2. The number of piperidine rings is 1. The first kappa shape index (κ1) is 13.7. The van der Waals surface area contributed by atoms with Crippen LogP contribution < -0.4 is 5.32 Å². The molecule has 0 aliphatic carbocycles. The highest BCUT2D eigenvalue weighted by atomic mass is 19.4. The van der Waals surface area contributed by atoms with Crippen LogP contribution in [0.15, 0.2) is 0 Å². The molecule has 0 aromatic heterocycles. The number of aliphatic hydroxyl groups excluding tert-OH is 1. The van der Waals surface area contributed by atoms with Crippen molar-refractivity contribution in [2.45, 2.75) is 31.5 Å². The van der Waals surface area contributed by atoms with Gasteiger partial charge in [-0.25, -0.2) is 0 Å². The van der Waals surface area contributed by atoms with Crippen LogP contribution in [0.1, 0.15) is 19.3 Å². The summed E-state index contributed by atoms with van der Waals surface area (Å²) in [6, 6.07) is 0.342. The second kappa shape index (κ2) is 6.42. The van der Waals surface area contributed by atoms with Gasteiger partial charge in [-0.05, 0) is 25.9 Å². The predicted molar refractivity (Wildman–Crippen MR) is 55.2 cm³/mol.